The molecule has 0 spiro atoms. The van der Waals surface area contributed by atoms with Gasteiger partial charge in [-0.15, -0.1) is 0 Å². The molecule has 2 N–H and O–H groups in total. The van der Waals surface area contributed by atoms with Gasteiger partial charge in [-0.1, -0.05) is 11.2 Å². The first kappa shape index (κ1) is 10.3. The summed E-state index contributed by atoms with van der Waals surface area (Å²) in [5, 5.41) is 3.62. The Morgan fingerprint density at radius 2 is 2.27 bits per heavy atom. The fourth-order valence-corrected chi connectivity index (χ4v) is 1.57. The third-order valence-electron chi connectivity index (χ3n) is 1.96. The average Bonchev–Trinajstić information content (AvgIpc) is 2.74. The van der Waals surface area contributed by atoms with Crippen LogP contribution in [-0.4, -0.2) is 10.1 Å². The normalized spacial score (nSPS) is 12.7. The summed E-state index contributed by atoms with van der Waals surface area (Å²) in [5.74, 6) is 0.0348. The third kappa shape index (κ3) is 2.05. The lowest BCUT2D eigenvalue weighted by atomic mass is 10.1. The van der Waals surface area contributed by atoms with E-state index in [9.17, 15) is 4.39 Å². The highest BCUT2D eigenvalue weighted by molar-refractivity contribution is 9.10. The molecule has 0 bridgehead atoms. The van der Waals surface area contributed by atoms with Crippen LogP contribution in [0.5, 0.6) is 0 Å². The van der Waals surface area contributed by atoms with Gasteiger partial charge in [-0.05, 0) is 33.6 Å². The van der Waals surface area contributed by atoms with Crippen molar-refractivity contribution in [2.24, 2.45) is 5.73 Å². The summed E-state index contributed by atoms with van der Waals surface area (Å²) in [4.78, 5) is 3.83. The minimum Gasteiger partial charge on any atom is -0.343 e. The summed E-state index contributed by atoms with van der Waals surface area (Å²) in [7, 11) is 0. The number of rotatable bonds is 2. The molecule has 6 heteroatoms. The summed E-state index contributed by atoms with van der Waals surface area (Å²) in [6, 6.07) is 4.00. The number of aromatic nitrogens is 2. The van der Waals surface area contributed by atoms with Crippen LogP contribution < -0.4 is 5.73 Å². The summed E-state index contributed by atoms with van der Waals surface area (Å²) in [5.41, 5.74) is 6.56. The molecular weight excluding hydrogens is 265 g/mol. The monoisotopic (exact) mass is 271 g/mol. The van der Waals surface area contributed by atoms with Crippen LogP contribution in [0.15, 0.2) is 33.6 Å². The average molecular weight is 272 g/mol. The lowest BCUT2D eigenvalue weighted by Crippen LogP contribution is -2.13. The summed E-state index contributed by atoms with van der Waals surface area (Å²) < 4.78 is 17.9. The maximum atomic E-state index is 13.0. The van der Waals surface area contributed by atoms with Crippen LogP contribution in [0.3, 0.4) is 0 Å². The van der Waals surface area contributed by atoms with E-state index in [2.05, 4.69) is 30.6 Å². The van der Waals surface area contributed by atoms with Gasteiger partial charge in [0.2, 0.25) is 6.39 Å². The Balaban J connectivity index is 2.34. The van der Waals surface area contributed by atoms with Gasteiger partial charge in [0.1, 0.15) is 5.82 Å². The standard InChI is InChI=1S/C9H7BrFN3O/c10-6-3-5(1-2-7(6)11)8(12)9-13-4-15-14-9/h1-4,8H,12H2. The Hall–Kier alpha value is -1.27. The summed E-state index contributed by atoms with van der Waals surface area (Å²) >= 11 is 3.08. The van der Waals surface area contributed by atoms with E-state index in [1.807, 2.05) is 0 Å². The molecular formula is C9H7BrFN3O. The molecule has 1 atom stereocenters. The molecule has 0 aliphatic heterocycles. The number of nitrogens with zero attached hydrogens (tertiary/aromatic N) is 2. The van der Waals surface area contributed by atoms with Gasteiger partial charge in [-0.25, -0.2) is 4.39 Å². The fraction of sp³-hybridized carbons (Fsp3) is 0.111. The quantitative estimate of drug-likeness (QED) is 0.908. The van der Waals surface area contributed by atoms with E-state index in [4.69, 9.17) is 5.73 Å². The van der Waals surface area contributed by atoms with Crippen molar-refractivity contribution < 1.29 is 8.91 Å². The van der Waals surface area contributed by atoms with Crippen LogP contribution in [0.4, 0.5) is 4.39 Å². The Kier molecular flexibility index (Phi) is 2.79. The van der Waals surface area contributed by atoms with Crippen LogP contribution in [0.25, 0.3) is 0 Å². The molecule has 2 aromatic rings. The number of nitrogens with two attached hydrogens (primary N) is 1. The second-order valence-corrected chi connectivity index (χ2v) is 3.79. The van der Waals surface area contributed by atoms with Crippen LogP contribution in [-0.2, 0) is 0 Å². The number of hydrogen-bond acceptors (Lipinski definition) is 4. The second kappa shape index (κ2) is 4.08. The zero-order valence-corrected chi connectivity index (χ0v) is 9.11. The van der Waals surface area contributed by atoms with Gasteiger partial charge in [0.25, 0.3) is 0 Å². The van der Waals surface area contributed by atoms with Crippen molar-refractivity contribution in [3.05, 3.63) is 46.3 Å². The molecule has 0 aliphatic carbocycles. The zero-order chi connectivity index (χ0) is 10.8. The number of benzene rings is 1. The molecule has 0 saturated heterocycles. The van der Waals surface area contributed by atoms with E-state index in [-0.39, 0.29) is 5.82 Å². The van der Waals surface area contributed by atoms with Gasteiger partial charge in [0.15, 0.2) is 5.82 Å². The first-order chi connectivity index (χ1) is 7.18. The van der Waals surface area contributed by atoms with Crippen LogP contribution in [0, 0.1) is 5.82 Å². The fourth-order valence-electron chi connectivity index (χ4n) is 1.17. The highest BCUT2D eigenvalue weighted by Gasteiger charge is 2.14. The van der Waals surface area contributed by atoms with Gasteiger partial charge in [0, 0.05) is 0 Å². The predicted molar refractivity (Wildman–Crippen MR) is 54.4 cm³/mol. The molecule has 78 valence electrons. The second-order valence-electron chi connectivity index (χ2n) is 2.94. The highest BCUT2D eigenvalue weighted by atomic mass is 79.9. The van der Waals surface area contributed by atoms with Crippen molar-refractivity contribution in [3.8, 4) is 0 Å². The van der Waals surface area contributed by atoms with Crippen LogP contribution in [0.2, 0.25) is 0 Å². The molecule has 1 unspecified atom stereocenters. The molecule has 0 radical (unpaired) electrons. The first-order valence-corrected chi connectivity index (χ1v) is 4.94. The van der Waals surface area contributed by atoms with Crippen molar-refractivity contribution in [2.45, 2.75) is 6.04 Å². The lowest BCUT2D eigenvalue weighted by molar-refractivity contribution is 0.407. The minimum atomic E-state index is -0.513. The van der Waals surface area contributed by atoms with E-state index in [0.717, 1.165) is 0 Å². The smallest absolute Gasteiger partial charge is 0.213 e. The molecule has 2 rings (SSSR count). The Labute approximate surface area is 93.4 Å². The molecule has 0 amide bonds. The van der Waals surface area contributed by atoms with Crippen molar-refractivity contribution >= 4 is 15.9 Å². The van der Waals surface area contributed by atoms with Gasteiger partial charge in [-0.3, -0.25) is 0 Å². The van der Waals surface area contributed by atoms with Gasteiger partial charge < -0.3 is 10.3 Å². The largest absolute Gasteiger partial charge is 0.343 e. The van der Waals surface area contributed by atoms with Gasteiger partial charge in [-0.2, -0.15) is 4.98 Å². The number of halogens is 2. The molecule has 0 fully saturated rings. The predicted octanol–water partition coefficient (Wildman–Crippen LogP) is 2.02. The van der Waals surface area contributed by atoms with E-state index >= 15 is 0 Å². The van der Waals surface area contributed by atoms with E-state index in [1.165, 1.54) is 12.5 Å². The van der Waals surface area contributed by atoms with Gasteiger partial charge in [0.05, 0.1) is 10.5 Å². The van der Waals surface area contributed by atoms with E-state index in [0.29, 0.717) is 15.9 Å². The molecule has 1 aromatic carbocycles. The lowest BCUT2D eigenvalue weighted by Gasteiger charge is -2.07. The molecule has 15 heavy (non-hydrogen) atoms. The van der Waals surface area contributed by atoms with Crippen molar-refractivity contribution in [2.75, 3.05) is 0 Å². The molecule has 0 aliphatic rings. The Morgan fingerprint density at radius 3 is 2.87 bits per heavy atom. The van der Waals surface area contributed by atoms with Crippen LogP contribution >= 0.6 is 15.9 Å². The maximum absolute atomic E-state index is 13.0. The highest BCUT2D eigenvalue weighted by Crippen LogP contribution is 2.22. The van der Waals surface area contributed by atoms with Crippen molar-refractivity contribution in [1.82, 2.24) is 10.1 Å². The van der Waals surface area contributed by atoms with Crippen molar-refractivity contribution in [3.63, 3.8) is 0 Å². The summed E-state index contributed by atoms with van der Waals surface area (Å²) in [6.07, 6.45) is 1.20. The first-order valence-electron chi connectivity index (χ1n) is 4.15. The van der Waals surface area contributed by atoms with E-state index in [1.54, 1.807) is 12.1 Å². The summed E-state index contributed by atoms with van der Waals surface area (Å²) in [6.45, 7) is 0. The molecule has 0 saturated carbocycles. The SMILES string of the molecule is NC(c1ccc(F)c(Br)c1)c1ncon1. The van der Waals surface area contributed by atoms with Crippen molar-refractivity contribution in [1.29, 1.82) is 0 Å². The van der Waals surface area contributed by atoms with E-state index < -0.39 is 6.04 Å². The molecule has 1 heterocycles. The molecule has 4 nitrogen and oxygen atoms in total. The van der Waals surface area contributed by atoms with Gasteiger partial charge >= 0.3 is 0 Å². The van der Waals surface area contributed by atoms with Crippen LogP contribution in [0.1, 0.15) is 17.4 Å². The topological polar surface area (TPSA) is 64.9 Å². The Bertz CT molecular complexity index is 460. The third-order valence-corrected chi connectivity index (χ3v) is 2.57. The molecule has 1 aromatic heterocycles. The number of hydrogen-bond donors (Lipinski definition) is 1. The zero-order valence-electron chi connectivity index (χ0n) is 7.52. The minimum absolute atomic E-state index is 0.334. The Morgan fingerprint density at radius 1 is 1.47 bits per heavy atom. The maximum Gasteiger partial charge on any atom is 0.213 e.